The molecule has 2 atom stereocenters. The van der Waals surface area contributed by atoms with Crippen LogP contribution in [-0.2, 0) is 24.3 Å². The molecule has 2 aliphatic rings. The summed E-state index contributed by atoms with van der Waals surface area (Å²) in [6.45, 7) is 5.36. The number of pyridine rings is 1. The summed E-state index contributed by atoms with van der Waals surface area (Å²) >= 11 is 0. The summed E-state index contributed by atoms with van der Waals surface area (Å²) < 4.78 is 3.34. The number of hydrogen-bond donors (Lipinski definition) is 1. The Balaban J connectivity index is 1.44. The molecule has 4 bridgehead atoms. The number of aromatic nitrogens is 4. The Morgan fingerprint density at radius 1 is 1.05 bits per heavy atom. The third-order valence-corrected chi connectivity index (χ3v) is 7.42. The number of amides is 2. The lowest BCUT2D eigenvalue weighted by Gasteiger charge is -2.20. The van der Waals surface area contributed by atoms with Crippen molar-refractivity contribution < 1.29 is 9.59 Å². The minimum atomic E-state index is -0.372. The van der Waals surface area contributed by atoms with Crippen LogP contribution in [0.1, 0.15) is 46.6 Å². The van der Waals surface area contributed by atoms with Crippen LogP contribution in [0.15, 0.2) is 53.6 Å². The first-order chi connectivity index (χ1) is 17.9. The van der Waals surface area contributed by atoms with Crippen LogP contribution in [0.3, 0.4) is 0 Å². The summed E-state index contributed by atoms with van der Waals surface area (Å²) in [4.78, 5) is 42.6. The molecule has 1 fully saturated rings. The highest BCUT2D eigenvalue weighted by Gasteiger charge is 2.36. The van der Waals surface area contributed by atoms with E-state index in [4.69, 9.17) is 0 Å². The summed E-state index contributed by atoms with van der Waals surface area (Å²) in [6, 6.07) is 11.7. The second-order valence-corrected chi connectivity index (χ2v) is 9.97. The summed E-state index contributed by atoms with van der Waals surface area (Å²) in [5.41, 5.74) is 2.99. The van der Waals surface area contributed by atoms with E-state index >= 15 is 0 Å². The topological polar surface area (TPSA) is 105 Å². The zero-order valence-electron chi connectivity index (χ0n) is 21.3. The van der Waals surface area contributed by atoms with Crippen molar-refractivity contribution in [3.63, 3.8) is 0 Å². The zero-order chi connectivity index (χ0) is 25.9. The zero-order valence-corrected chi connectivity index (χ0v) is 21.3. The van der Waals surface area contributed by atoms with Crippen LogP contribution < -0.4 is 10.9 Å². The van der Waals surface area contributed by atoms with Crippen molar-refractivity contribution in [1.29, 1.82) is 0 Å². The third-order valence-electron chi connectivity index (χ3n) is 7.42. The van der Waals surface area contributed by atoms with E-state index in [1.54, 1.807) is 19.3 Å². The fourth-order valence-electron chi connectivity index (χ4n) is 5.40. The Morgan fingerprint density at radius 3 is 2.68 bits per heavy atom. The highest BCUT2D eigenvalue weighted by molar-refractivity contribution is 5.93. The van der Waals surface area contributed by atoms with E-state index in [1.807, 2.05) is 10.9 Å². The molecule has 0 radical (unpaired) electrons. The fraction of sp³-hybridized carbons (Fsp3) is 0.444. The van der Waals surface area contributed by atoms with Crippen LogP contribution in [0.2, 0.25) is 0 Å². The van der Waals surface area contributed by atoms with Crippen LogP contribution in [0, 0.1) is 5.92 Å². The van der Waals surface area contributed by atoms with E-state index in [0.717, 1.165) is 26.1 Å². The van der Waals surface area contributed by atoms with Crippen LogP contribution in [0.5, 0.6) is 0 Å². The highest BCUT2D eigenvalue weighted by Crippen LogP contribution is 2.31. The standard InChI is InChI=1S/C27H33N7O3/c1-3-19-7-4-5-8-20(19)14-32-15-21-13-25(35)28-10-12-31(2)26(36)23-9-6-11-33(27(23)37)16-22-17-34(30-29-22)24(21)18-32/h4-9,11,17,21,24H,3,10,12-16,18H2,1-2H3,(H,28,35)/t21-,24+/m0/s1. The lowest BCUT2D eigenvalue weighted by Crippen LogP contribution is -2.39. The van der Waals surface area contributed by atoms with Gasteiger partial charge in [0.25, 0.3) is 11.5 Å². The molecule has 194 valence electrons. The number of carbonyl (C=O) groups excluding carboxylic acids is 2. The van der Waals surface area contributed by atoms with Crippen molar-refractivity contribution in [2.24, 2.45) is 5.92 Å². The van der Waals surface area contributed by atoms with Gasteiger partial charge < -0.3 is 14.8 Å². The monoisotopic (exact) mass is 503 g/mol. The molecular weight excluding hydrogens is 470 g/mol. The molecule has 0 unspecified atom stereocenters. The van der Waals surface area contributed by atoms with Crippen molar-refractivity contribution in [3.05, 3.63) is 81.5 Å². The van der Waals surface area contributed by atoms with E-state index in [0.29, 0.717) is 25.2 Å². The first-order valence-corrected chi connectivity index (χ1v) is 12.8. The highest BCUT2D eigenvalue weighted by atomic mass is 16.2. The van der Waals surface area contributed by atoms with Gasteiger partial charge in [-0.05, 0) is 29.7 Å². The van der Waals surface area contributed by atoms with E-state index < -0.39 is 0 Å². The molecule has 3 aromatic rings. The summed E-state index contributed by atoms with van der Waals surface area (Å²) in [5.74, 6) is -0.369. The molecule has 2 aliphatic heterocycles. The number of likely N-dealkylation sites (tertiary alicyclic amines) is 1. The molecule has 1 aromatic carbocycles. The van der Waals surface area contributed by atoms with Gasteiger partial charge in [0.1, 0.15) is 11.3 Å². The van der Waals surface area contributed by atoms with Gasteiger partial charge in [0.15, 0.2) is 0 Å². The molecule has 4 heterocycles. The maximum Gasteiger partial charge on any atom is 0.263 e. The van der Waals surface area contributed by atoms with Crippen LogP contribution in [0.25, 0.3) is 0 Å². The van der Waals surface area contributed by atoms with Crippen molar-refractivity contribution in [2.45, 2.75) is 38.9 Å². The molecule has 0 spiro atoms. The van der Waals surface area contributed by atoms with Gasteiger partial charge >= 0.3 is 0 Å². The van der Waals surface area contributed by atoms with E-state index in [-0.39, 0.29) is 41.4 Å². The number of fused-ring (bicyclic) bond motifs is 6. The van der Waals surface area contributed by atoms with Crippen molar-refractivity contribution in [3.8, 4) is 0 Å². The summed E-state index contributed by atoms with van der Waals surface area (Å²) in [5, 5.41) is 11.7. The number of aryl methyl sites for hydroxylation is 1. The van der Waals surface area contributed by atoms with Crippen molar-refractivity contribution in [1.82, 2.24) is 34.7 Å². The molecule has 10 nitrogen and oxygen atoms in total. The largest absolute Gasteiger partial charge is 0.354 e. The number of benzene rings is 1. The number of likely N-dealkylation sites (N-methyl/N-ethyl adjacent to an activating group) is 1. The Kier molecular flexibility index (Phi) is 7.18. The number of hydrogen-bond acceptors (Lipinski definition) is 6. The summed E-state index contributed by atoms with van der Waals surface area (Å²) in [7, 11) is 1.64. The Bertz CT molecular complexity index is 1350. The van der Waals surface area contributed by atoms with Crippen molar-refractivity contribution >= 4 is 11.8 Å². The van der Waals surface area contributed by atoms with Gasteiger partial charge in [-0.1, -0.05) is 36.4 Å². The second-order valence-electron chi connectivity index (χ2n) is 9.97. The van der Waals surface area contributed by atoms with Gasteiger partial charge in [-0.15, -0.1) is 5.10 Å². The average Bonchev–Trinajstić information content (AvgIpc) is 3.51. The quantitative estimate of drug-likeness (QED) is 0.578. The number of carbonyl (C=O) groups is 2. The predicted octanol–water partition coefficient (Wildman–Crippen LogP) is 1.32. The molecule has 1 N–H and O–H groups in total. The SMILES string of the molecule is CCc1ccccc1CN1C[C@@H]2CC(=O)NCCN(C)C(=O)c3cccn(c3=O)Cc3cn(nn3)[C@@H]2C1. The Morgan fingerprint density at radius 2 is 1.86 bits per heavy atom. The van der Waals surface area contributed by atoms with Gasteiger partial charge in [-0.3, -0.25) is 19.3 Å². The first-order valence-electron chi connectivity index (χ1n) is 12.8. The molecule has 10 heteroatoms. The van der Waals surface area contributed by atoms with E-state index in [9.17, 15) is 14.4 Å². The average molecular weight is 504 g/mol. The fourth-order valence-corrected chi connectivity index (χ4v) is 5.40. The van der Waals surface area contributed by atoms with Gasteiger partial charge in [0.2, 0.25) is 5.91 Å². The number of nitrogens with one attached hydrogen (secondary N) is 1. The van der Waals surface area contributed by atoms with Crippen LogP contribution in [0.4, 0.5) is 0 Å². The maximum absolute atomic E-state index is 13.0. The van der Waals surface area contributed by atoms with Gasteiger partial charge in [0.05, 0.1) is 18.8 Å². The van der Waals surface area contributed by atoms with E-state index in [2.05, 4.69) is 51.7 Å². The maximum atomic E-state index is 13.0. The lowest BCUT2D eigenvalue weighted by atomic mass is 9.99. The molecule has 0 saturated carbocycles. The van der Waals surface area contributed by atoms with Crippen LogP contribution >= 0.6 is 0 Å². The molecule has 0 aliphatic carbocycles. The number of nitrogens with zero attached hydrogens (tertiary/aromatic N) is 6. The molecule has 37 heavy (non-hydrogen) atoms. The normalized spacial score (nSPS) is 21.1. The Labute approximate surface area is 215 Å². The number of rotatable bonds is 3. The van der Waals surface area contributed by atoms with Gasteiger partial charge in [-0.2, -0.15) is 0 Å². The first kappa shape index (κ1) is 24.9. The van der Waals surface area contributed by atoms with E-state index in [1.165, 1.54) is 26.7 Å². The van der Waals surface area contributed by atoms with Crippen molar-refractivity contribution in [2.75, 3.05) is 33.2 Å². The third kappa shape index (κ3) is 5.34. The predicted molar refractivity (Wildman–Crippen MR) is 138 cm³/mol. The Hall–Kier alpha value is -3.79. The minimum absolute atomic E-state index is 0.0130. The molecule has 1 saturated heterocycles. The minimum Gasteiger partial charge on any atom is -0.354 e. The molecule has 2 aromatic heterocycles. The molecule has 5 rings (SSSR count). The second kappa shape index (κ2) is 10.7. The molecule has 2 amide bonds. The lowest BCUT2D eigenvalue weighted by molar-refractivity contribution is -0.122. The van der Waals surface area contributed by atoms with Gasteiger partial charge in [-0.25, -0.2) is 4.68 Å². The smallest absolute Gasteiger partial charge is 0.263 e. The molecular formula is C27H33N7O3. The summed E-state index contributed by atoms with van der Waals surface area (Å²) in [6.07, 6.45) is 4.86. The van der Waals surface area contributed by atoms with Gasteiger partial charge in [0, 0.05) is 58.3 Å². The van der Waals surface area contributed by atoms with Crippen LogP contribution in [-0.4, -0.2) is 74.4 Å².